The fourth-order valence-corrected chi connectivity index (χ4v) is 7.28. The molecule has 33 heavy (non-hydrogen) atoms. The zero-order valence-electron chi connectivity index (χ0n) is 19.7. The first kappa shape index (κ1) is 24.5. The lowest BCUT2D eigenvalue weighted by molar-refractivity contribution is 0.129. The van der Waals surface area contributed by atoms with E-state index in [2.05, 4.69) is 30.0 Å². The summed E-state index contributed by atoms with van der Waals surface area (Å²) in [6, 6.07) is 13.7. The minimum atomic E-state index is -3.54. The lowest BCUT2D eigenvalue weighted by Gasteiger charge is -2.39. The van der Waals surface area contributed by atoms with Crippen molar-refractivity contribution in [3.8, 4) is 5.75 Å². The molecule has 4 rings (SSSR count). The van der Waals surface area contributed by atoms with E-state index in [1.54, 1.807) is 35.7 Å². The summed E-state index contributed by atoms with van der Waals surface area (Å²) in [6.45, 7) is 5.48. The standard InChI is InChI=1S/C26H35ClN2O3S/c1-3-14-28(23-10-8-21-9-11-24(32-2)18-22(21)17-23)19-20-12-15-29(16-13-20)33(30,31)26-7-5-4-6-25(26)27/h4-7,9,11,18,20,23H,3,8,10,12-17,19H2,1-2H3. The number of aryl methyl sites for hydroxylation is 1. The highest BCUT2D eigenvalue weighted by Crippen LogP contribution is 2.31. The summed E-state index contributed by atoms with van der Waals surface area (Å²) in [6.07, 6.45) is 6.26. The van der Waals surface area contributed by atoms with E-state index in [9.17, 15) is 8.42 Å². The second-order valence-corrected chi connectivity index (χ2v) is 11.6. The van der Waals surface area contributed by atoms with Gasteiger partial charge in [-0.2, -0.15) is 4.31 Å². The van der Waals surface area contributed by atoms with Crippen molar-refractivity contribution in [2.24, 2.45) is 5.92 Å². The van der Waals surface area contributed by atoms with Gasteiger partial charge in [0, 0.05) is 25.7 Å². The molecule has 0 spiro atoms. The molecule has 2 aliphatic rings. The number of halogens is 1. The number of hydrogen-bond donors (Lipinski definition) is 0. The van der Waals surface area contributed by atoms with Crippen LogP contribution in [0.15, 0.2) is 47.4 Å². The van der Waals surface area contributed by atoms with Crippen LogP contribution in [-0.4, -0.2) is 57.0 Å². The zero-order chi connectivity index (χ0) is 23.4. The molecule has 0 aromatic heterocycles. The molecule has 0 amide bonds. The molecule has 180 valence electrons. The van der Waals surface area contributed by atoms with Crippen molar-refractivity contribution in [1.29, 1.82) is 0 Å². The second kappa shape index (κ2) is 10.8. The van der Waals surface area contributed by atoms with Crippen molar-refractivity contribution < 1.29 is 13.2 Å². The molecule has 0 N–H and O–H groups in total. The van der Waals surface area contributed by atoms with Gasteiger partial charge in [0.25, 0.3) is 0 Å². The predicted octanol–water partition coefficient (Wildman–Crippen LogP) is 5.02. The zero-order valence-corrected chi connectivity index (χ0v) is 21.2. The van der Waals surface area contributed by atoms with Crippen LogP contribution in [0.1, 0.15) is 43.7 Å². The van der Waals surface area contributed by atoms with Gasteiger partial charge in [-0.15, -0.1) is 0 Å². The largest absolute Gasteiger partial charge is 0.497 e. The third kappa shape index (κ3) is 5.56. The fourth-order valence-electron chi connectivity index (χ4n) is 5.32. The Bertz CT molecular complexity index is 1050. The molecule has 2 aromatic rings. The van der Waals surface area contributed by atoms with Crippen LogP contribution in [0.2, 0.25) is 5.02 Å². The molecule has 1 atom stereocenters. The highest BCUT2D eigenvalue weighted by atomic mass is 35.5. The lowest BCUT2D eigenvalue weighted by Crippen LogP contribution is -2.46. The van der Waals surface area contributed by atoms with Gasteiger partial charge in [0.05, 0.1) is 12.1 Å². The maximum Gasteiger partial charge on any atom is 0.244 e. The first-order valence-corrected chi connectivity index (χ1v) is 13.9. The van der Waals surface area contributed by atoms with E-state index in [4.69, 9.17) is 16.3 Å². The van der Waals surface area contributed by atoms with Crippen LogP contribution >= 0.6 is 11.6 Å². The summed E-state index contributed by atoms with van der Waals surface area (Å²) in [5, 5.41) is 0.294. The van der Waals surface area contributed by atoms with E-state index in [-0.39, 0.29) is 4.90 Å². The van der Waals surface area contributed by atoms with Gasteiger partial charge in [0.2, 0.25) is 10.0 Å². The molecule has 0 bridgehead atoms. The maximum atomic E-state index is 13.1. The first-order valence-electron chi connectivity index (χ1n) is 12.1. The summed E-state index contributed by atoms with van der Waals surface area (Å²) in [5.41, 5.74) is 2.86. The van der Waals surface area contributed by atoms with Crippen LogP contribution in [0, 0.1) is 5.92 Å². The summed E-state index contributed by atoms with van der Waals surface area (Å²) in [5.74, 6) is 1.45. The predicted molar refractivity (Wildman–Crippen MR) is 134 cm³/mol. The van der Waals surface area contributed by atoms with Gasteiger partial charge in [0.1, 0.15) is 10.6 Å². The Balaban J connectivity index is 1.38. The van der Waals surface area contributed by atoms with Crippen LogP contribution in [-0.2, 0) is 22.9 Å². The summed E-state index contributed by atoms with van der Waals surface area (Å²) < 4.78 is 33.2. The highest BCUT2D eigenvalue weighted by molar-refractivity contribution is 7.89. The van der Waals surface area contributed by atoms with Crippen LogP contribution in [0.4, 0.5) is 0 Å². The minimum absolute atomic E-state index is 0.217. The molecule has 7 heteroatoms. The van der Waals surface area contributed by atoms with Crippen LogP contribution in [0.25, 0.3) is 0 Å². The number of ether oxygens (including phenoxy) is 1. The molecular weight excluding hydrogens is 456 g/mol. The Morgan fingerprint density at radius 1 is 1.09 bits per heavy atom. The van der Waals surface area contributed by atoms with Crippen molar-refractivity contribution >= 4 is 21.6 Å². The third-order valence-electron chi connectivity index (χ3n) is 7.16. The van der Waals surface area contributed by atoms with Crippen LogP contribution < -0.4 is 4.74 Å². The normalized spacial score (nSPS) is 20.1. The quantitative estimate of drug-likeness (QED) is 0.521. The van der Waals surface area contributed by atoms with E-state index in [0.717, 1.165) is 50.9 Å². The van der Waals surface area contributed by atoms with Crippen LogP contribution in [0.5, 0.6) is 5.75 Å². The van der Waals surface area contributed by atoms with Crippen LogP contribution in [0.3, 0.4) is 0 Å². The molecule has 0 radical (unpaired) electrons. The number of rotatable bonds is 8. The van der Waals surface area contributed by atoms with Gasteiger partial charge in [-0.05, 0) is 86.4 Å². The number of fused-ring (bicyclic) bond motifs is 1. The molecule has 1 fully saturated rings. The SMILES string of the molecule is CCCN(CC1CCN(S(=O)(=O)c2ccccc2Cl)CC1)C1CCc2ccc(OC)cc2C1. The van der Waals surface area contributed by atoms with E-state index < -0.39 is 10.0 Å². The number of sulfonamides is 1. The van der Waals surface area contributed by atoms with Gasteiger partial charge < -0.3 is 4.74 Å². The summed E-state index contributed by atoms with van der Waals surface area (Å²) >= 11 is 6.18. The summed E-state index contributed by atoms with van der Waals surface area (Å²) in [4.78, 5) is 2.87. The smallest absolute Gasteiger partial charge is 0.244 e. The van der Waals surface area contributed by atoms with Crippen molar-refractivity contribution in [2.75, 3.05) is 33.3 Å². The Morgan fingerprint density at radius 2 is 1.85 bits per heavy atom. The third-order valence-corrected chi connectivity index (χ3v) is 9.56. The Morgan fingerprint density at radius 3 is 2.55 bits per heavy atom. The van der Waals surface area contributed by atoms with Gasteiger partial charge in [-0.1, -0.05) is 36.7 Å². The average molecular weight is 491 g/mol. The Kier molecular flexibility index (Phi) is 8.00. The van der Waals surface area contributed by atoms with E-state index in [1.807, 2.05) is 0 Å². The monoisotopic (exact) mass is 490 g/mol. The number of benzene rings is 2. The number of piperidine rings is 1. The van der Waals surface area contributed by atoms with Crippen molar-refractivity contribution in [3.63, 3.8) is 0 Å². The number of hydrogen-bond acceptors (Lipinski definition) is 4. The molecule has 2 aromatic carbocycles. The molecule has 1 aliphatic heterocycles. The fraction of sp³-hybridized carbons (Fsp3) is 0.538. The van der Waals surface area contributed by atoms with E-state index >= 15 is 0 Å². The van der Waals surface area contributed by atoms with Gasteiger partial charge in [-0.3, -0.25) is 4.90 Å². The number of nitrogens with zero attached hydrogens (tertiary/aromatic N) is 2. The Hall–Kier alpha value is -1.60. The minimum Gasteiger partial charge on any atom is -0.497 e. The maximum absolute atomic E-state index is 13.1. The first-order chi connectivity index (χ1) is 15.9. The van der Waals surface area contributed by atoms with Gasteiger partial charge in [0.15, 0.2) is 0 Å². The van der Waals surface area contributed by atoms with Gasteiger partial charge in [-0.25, -0.2) is 8.42 Å². The second-order valence-electron chi connectivity index (χ2n) is 9.30. The van der Waals surface area contributed by atoms with E-state index in [0.29, 0.717) is 30.1 Å². The average Bonchev–Trinajstić information content (AvgIpc) is 2.83. The lowest BCUT2D eigenvalue weighted by atomic mass is 9.86. The molecule has 1 heterocycles. The highest BCUT2D eigenvalue weighted by Gasteiger charge is 2.32. The molecule has 5 nitrogen and oxygen atoms in total. The molecule has 1 saturated heterocycles. The molecular formula is C26H35ClN2O3S. The number of methoxy groups -OCH3 is 1. The van der Waals surface area contributed by atoms with Crippen molar-refractivity contribution in [2.45, 2.75) is 56.4 Å². The van der Waals surface area contributed by atoms with E-state index in [1.165, 1.54) is 17.5 Å². The topological polar surface area (TPSA) is 49.9 Å². The molecule has 1 aliphatic carbocycles. The van der Waals surface area contributed by atoms with Crippen molar-refractivity contribution in [3.05, 3.63) is 58.6 Å². The Labute approximate surface area is 203 Å². The summed E-state index contributed by atoms with van der Waals surface area (Å²) in [7, 11) is -1.81. The van der Waals surface area contributed by atoms with Gasteiger partial charge >= 0.3 is 0 Å². The molecule has 1 unspecified atom stereocenters. The molecule has 0 saturated carbocycles. The van der Waals surface area contributed by atoms with Crippen molar-refractivity contribution in [1.82, 2.24) is 9.21 Å².